The van der Waals surface area contributed by atoms with Crippen molar-refractivity contribution in [2.24, 2.45) is 5.10 Å². The molecule has 2 amide bonds. The van der Waals surface area contributed by atoms with Crippen LogP contribution in [-0.4, -0.2) is 50.2 Å². The molecule has 8 heteroatoms. The molecular formula is C17H22BrN3O4. The quantitative estimate of drug-likeness (QED) is 0.575. The number of hydrazone groups is 1. The number of methoxy groups -OCH3 is 2. The van der Waals surface area contributed by atoms with Gasteiger partial charge >= 0.3 is 0 Å². The lowest BCUT2D eigenvalue weighted by atomic mass is 10.2. The lowest BCUT2D eigenvalue weighted by molar-refractivity contribution is -0.135. The maximum Gasteiger partial charge on any atom is 0.259 e. The molecule has 1 fully saturated rings. The van der Waals surface area contributed by atoms with Gasteiger partial charge in [-0.25, -0.2) is 5.43 Å². The lowest BCUT2D eigenvalue weighted by Gasteiger charge is -2.18. The number of carbonyl (C=O) groups is 2. The Hall–Kier alpha value is -2.09. The van der Waals surface area contributed by atoms with Crippen LogP contribution in [0.3, 0.4) is 0 Å². The van der Waals surface area contributed by atoms with Gasteiger partial charge in [0.2, 0.25) is 5.91 Å². The molecule has 1 aliphatic rings. The highest BCUT2D eigenvalue weighted by molar-refractivity contribution is 9.10. The summed E-state index contributed by atoms with van der Waals surface area (Å²) < 4.78 is 11.2. The average Bonchev–Trinajstić information content (AvgIpc) is 2.80. The fourth-order valence-corrected chi connectivity index (χ4v) is 2.98. The third-order valence-corrected chi connectivity index (χ3v) is 4.59. The molecule has 1 heterocycles. The lowest BCUT2D eigenvalue weighted by Crippen LogP contribution is -2.39. The van der Waals surface area contributed by atoms with E-state index < -0.39 is 0 Å². The third kappa shape index (κ3) is 5.45. The molecule has 0 saturated carbocycles. The maximum absolute atomic E-state index is 12.0. The molecule has 0 unspecified atom stereocenters. The van der Waals surface area contributed by atoms with Crippen LogP contribution in [0.4, 0.5) is 0 Å². The van der Waals surface area contributed by atoms with Gasteiger partial charge in [-0.3, -0.25) is 9.59 Å². The Labute approximate surface area is 155 Å². The largest absolute Gasteiger partial charge is 0.493 e. The van der Waals surface area contributed by atoms with Crippen LogP contribution in [0.15, 0.2) is 21.7 Å². The number of halogens is 1. The molecule has 2 rings (SSSR count). The van der Waals surface area contributed by atoms with Gasteiger partial charge in [0.15, 0.2) is 11.5 Å². The number of amides is 2. The Morgan fingerprint density at radius 1 is 1.28 bits per heavy atom. The summed E-state index contributed by atoms with van der Waals surface area (Å²) in [5.74, 6) is 0.867. The van der Waals surface area contributed by atoms with Gasteiger partial charge in [-0.05, 0) is 40.9 Å². The van der Waals surface area contributed by atoms with Gasteiger partial charge in [0.1, 0.15) is 6.54 Å². The fraction of sp³-hybridized carbons (Fsp3) is 0.471. The zero-order valence-electron chi connectivity index (χ0n) is 14.4. The summed E-state index contributed by atoms with van der Waals surface area (Å²) in [6.45, 7) is 0.653. The number of nitrogens with one attached hydrogen (secondary N) is 1. The van der Waals surface area contributed by atoms with E-state index in [2.05, 4.69) is 26.5 Å². The van der Waals surface area contributed by atoms with E-state index in [1.54, 1.807) is 31.3 Å². The van der Waals surface area contributed by atoms with Gasteiger partial charge in [0, 0.05) is 23.0 Å². The van der Waals surface area contributed by atoms with Gasteiger partial charge in [-0.2, -0.15) is 5.10 Å². The maximum atomic E-state index is 12.0. The molecule has 0 atom stereocenters. The molecule has 136 valence electrons. The summed E-state index contributed by atoms with van der Waals surface area (Å²) >= 11 is 3.42. The van der Waals surface area contributed by atoms with Crippen molar-refractivity contribution in [2.45, 2.75) is 25.7 Å². The first kappa shape index (κ1) is 19.2. The fourth-order valence-electron chi connectivity index (χ4n) is 2.56. The average molecular weight is 412 g/mol. The Bertz CT molecular complexity index is 664. The minimum Gasteiger partial charge on any atom is -0.493 e. The third-order valence-electron chi connectivity index (χ3n) is 3.90. The van der Waals surface area contributed by atoms with E-state index in [-0.39, 0.29) is 18.4 Å². The SMILES string of the molecule is COc1cc(Br)c(/C=N\NC(=O)CN2CCCCCC2=O)cc1OC. The normalized spacial score (nSPS) is 15.2. The minimum atomic E-state index is -0.317. The monoisotopic (exact) mass is 411 g/mol. The second-order valence-corrected chi connectivity index (χ2v) is 6.50. The first-order chi connectivity index (χ1) is 12.0. The number of benzene rings is 1. The van der Waals surface area contributed by atoms with E-state index >= 15 is 0 Å². The number of likely N-dealkylation sites (tertiary alicyclic amines) is 1. The van der Waals surface area contributed by atoms with E-state index in [0.717, 1.165) is 29.3 Å². The summed E-state index contributed by atoms with van der Waals surface area (Å²) in [7, 11) is 3.11. The summed E-state index contributed by atoms with van der Waals surface area (Å²) in [5, 5.41) is 3.96. The molecule has 0 spiro atoms. The first-order valence-electron chi connectivity index (χ1n) is 8.06. The number of nitrogens with zero attached hydrogens (tertiary/aromatic N) is 2. The highest BCUT2D eigenvalue weighted by Gasteiger charge is 2.18. The van der Waals surface area contributed by atoms with Crippen LogP contribution < -0.4 is 14.9 Å². The predicted octanol–water partition coefficient (Wildman–Crippen LogP) is 2.32. The van der Waals surface area contributed by atoms with E-state index in [1.807, 2.05) is 0 Å². The first-order valence-corrected chi connectivity index (χ1v) is 8.85. The molecule has 1 N–H and O–H groups in total. The van der Waals surface area contributed by atoms with Crippen LogP contribution in [0.25, 0.3) is 0 Å². The Morgan fingerprint density at radius 3 is 2.72 bits per heavy atom. The van der Waals surface area contributed by atoms with Gasteiger partial charge < -0.3 is 14.4 Å². The van der Waals surface area contributed by atoms with Crippen molar-refractivity contribution in [1.29, 1.82) is 0 Å². The molecule has 0 radical (unpaired) electrons. The number of carbonyl (C=O) groups excluding carboxylic acids is 2. The minimum absolute atomic E-state index is 0.0271. The molecule has 0 bridgehead atoms. The van der Waals surface area contributed by atoms with Crippen LogP contribution >= 0.6 is 15.9 Å². The summed E-state index contributed by atoms with van der Waals surface area (Å²) in [4.78, 5) is 25.5. The summed E-state index contributed by atoms with van der Waals surface area (Å²) in [5.41, 5.74) is 3.18. The van der Waals surface area contributed by atoms with E-state index in [0.29, 0.717) is 24.5 Å². The van der Waals surface area contributed by atoms with Crippen molar-refractivity contribution in [1.82, 2.24) is 10.3 Å². The molecule has 0 aromatic heterocycles. The van der Waals surface area contributed by atoms with Crippen molar-refractivity contribution in [2.75, 3.05) is 27.3 Å². The van der Waals surface area contributed by atoms with Crippen molar-refractivity contribution in [3.8, 4) is 11.5 Å². The zero-order chi connectivity index (χ0) is 18.2. The smallest absolute Gasteiger partial charge is 0.259 e. The molecule has 25 heavy (non-hydrogen) atoms. The van der Waals surface area contributed by atoms with Crippen molar-refractivity contribution in [3.63, 3.8) is 0 Å². The molecule has 1 saturated heterocycles. The molecule has 0 aliphatic carbocycles. The van der Waals surface area contributed by atoms with E-state index in [9.17, 15) is 9.59 Å². The second-order valence-electron chi connectivity index (χ2n) is 5.65. The molecular weight excluding hydrogens is 390 g/mol. The zero-order valence-corrected chi connectivity index (χ0v) is 16.0. The standard InChI is InChI=1S/C17H22BrN3O4/c1-24-14-8-12(13(18)9-15(14)25-2)10-19-20-16(22)11-21-7-5-3-4-6-17(21)23/h8-10H,3-7,11H2,1-2H3,(H,20,22)/b19-10-. The van der Waals surface area contributed by atoms with Gasteiger partial charge in [-0.1, -0.05) is 6.42 Å². The van der Waals surface area contributed by atoms with Crippen LogP contribution in [-0.2, 0) is 9.59 Å². The summed E-state index contributed by atoms with van der Waals surface area (Å²) in [6.07, 6.45) is 4.86. The molecule has 1 aliphatic heterocycles. The topological polar surface area (TPSA) is 80.2 Å². The van der Waals surface area contributed by atoms with Crippen molar-refractivity contribution >= 4 is 34.0 Å². The molecule has 1 aromatic rings. The molecule has 1 aromatic carbocycles. The van der Waals surface area contributed by atoms with Gasteiger partial charge in [0.25, 0.3) is 5.91 Å². The highest BCUT2D eigenvalue weighted by atomic mass is 79.9. The number of rotatable bonds is 6. The number of hydrogen-bond donors (Lipinski definition) is 1. The van der Waals surface area contributed by atoms with Crippen LogP contribution in [0.1, 0.15) is 31.2 Å². The molecule has 7 nitrogen and oxygen atoms in total. The Kier molecular flexibility index (Phi) is 7.24. The summed E-state index contributed by atoms with van der Waals surface area (Å²) in [6, 6.07) is 3.51. The predicted molar refractivity (Wildman–Crippen MR) is 98.0 cm³/mol. The van der Waals surface area contributed by atoms with E-state index in [4.69, 9.17) is 9.47 Å². The van der Waals surface area contributed by atoms with Crippen molar-refractivity contribution in [3.05, 3.63) is 22.2 Å². The Balaban J connectivity index is 1.96. The van der Waals surface area contributed by atoms with Crippen LogP contribution in [0.2, 0.25) is 0 Å². The van der Waals surface area contributed by atoms with Crippen molar-refractivity contribution < 1.29 is 19.1 Å². The van der Waals surface area contributed by atoms with Crippen LogP contribution in [0, 0.1) is 0 Å². The highest BCUT2D eigenvalue weighted by Crippen LogP contribution is 2.32. The number of hydrogen-bond acceptors (Lipinski definition) is 5. The van der Waals surface area contributed by atoms with Gasteiger partial charge in [0.05, 0.1) is 20.4 Å². The van der Waals surface area contributed by atoms with Crippen LogP contribution in [0.5, 0.6) is 11.5 Å². The van der Waals surface area contributed by atoms with Gasteiger partial charge in [-0.15, -0.1) is 0 Å². The second kappa shape index (κ2) is 9.41. The number of ether oxygens (including phenoxy) is 2. The van der Waals surface area contributed by atoms with E-state index in [1.165, 1.54) is 6.21 Å². The Morgan fingerprint density at radius 2 is 2.00 bits per heavy atom.